The van der Waals surface area contributed by atoms with Gasteiger partial charge in [-0.2, -0.15) is 0 Å². The lowest BCUT2D eigenvalue weighted by atomic mass is 10.1. The van der Waals surface area contributed by atoms with Gasteiger partial charge in [0.05, 0.1) is 16.5 Å². The van der Waals surface area contributed by atoms with Crippen LogP contribution < -0.4 is 9.47 Å². The fourth-order valence-electron chi connectivity index (χ4n) is 3.83. The molecule has 0 aromatic heterocycles. The smallest absolute Gasteiger partial charge is 0.266 e. The molecule has 3 aromatic rings. The van der Waals surface area contributed by atoms with Gasteiger partial charge in [0.15, 0.2) is 16.7 Å². The summed E-state index contributed by atoms with van der Waals surface area (Å²) in [7, 11) is 0. The number of halogens is 1. The second kappa shape index (κ2) is 11.0. The maximum Gasteiger partial charge on any atom is 0.266 e. The van der Waals surface area contributed by atoms with Gasteiger partial charge < -0.3 is 9.47 Å². The summed E-state index contributed by atoms with van der Waals surface area (Å²) in [5, 5.41) is 3.46. The van der Waals surface area contributed by atoms with Crippen molar-refractivity contribution in [2.45, 2.75) is 27.4 Å². The molecule has 34 heavy (non-hydrogen) atoms. The van der Waals surface area contributed by atoms with Crippen molar-refractivity contribution in [1.82, 2.24) is 4.90 Å². The Morgan fingerprint density at radius 1 is 1.06 bits per heavy atom. The lowest BCUT2D eigenvalue weighted by Gasteiger charge is -2.15. The largest absolute Gasteiger partial charge is 0.490 e. The Labute approximate surface area is 209 Å². The van der Waals surface area contributed by atoms with Crippen molar-refractivity contribution >= 4 is 51.3 Å². The Morgan fingerprint density at radius 2 is 1.85 bits per heavy atom. The van der Waals surface area contributed by atoms with E-state index in [0.29, 0.717) is 47.7 Å². The van der Waals surface area contributed by atoms with Gasteiger partial charge in [-0.1, -0.05) is 54.1 Å². The molecule has 0 atom stereocenters. The van der Waals surface area contributed by atoms with Gasteiger partial charge in [0.1, 0.15) is 6.61 Å². The molecule has 1 saturated heterocycles. The van der Waals surface area contributed by atoms with E-state index < -0.39 is 0 Å². The van der Waals surface area contributed by atoms with Gasteiger partial charge in [-0.3, -0.25) is 14.7 Å². The van der Waals surface area contributed by atoms with Crippen molar-refractivity contribution < 1.29 is 14.3 Å². The van der Waals surface area contributed by atoms with Crippen LogP contribution in [0.15, 0.2) is 64.5 Å². The average molecular weight is 495 g/mol. The van der Waals surface area contributed by atoms with Crippen LogP contribution in [-0.2, 0) is 11.4 Å². The molecule has 0 unspecified atom stereocenters. The van der Waals surface area contributed by atoms with Crippen LogP contribution in [0.3, 0.4) is 0 Å². The highest BCUT2D eigenvalue weighted by molar-refractivity contribution is 8.18. The number of hydrogen-bond acceptors (Lipinski definition) is 5. The zero-order valence-electron chi connectivity index (χ0n) is 19.5. The highest BCUT2D eigenvalue weighted by atomic mass is 35.5. The maximum absolute atomic E-state index is 12.8. The van der Waals surface area contributed by atoms with Gasteiger partial charge in [-0.05, 0) is 72.6 Å². The molecule has 0 aliphatic carbocycles. The van der Waals surface area contributed by atoms with E-state index in [0.717, 1.165) is 27.1 Å². The number of carbonyl (C=O) groups is 1. The van der Waals surface area contributed by atoms with Crippen molar-refractivity contribution in [2.75, 3.05) is 19.7 Å². The second-order valence-electron chi connectivity index (χ2n) is 7.61. The van der Waals surface area contributed by atoms with Gasteiger partial charge >= 0.3 is 0 Å². The molecule has 1 aliphatic rings. The van der Waals surface area contributed by atoms with Crippen LogP contribution in [0.25, 0.3) is 16.8 Å². The molecular weight excluding hydrogens is 468 g/mol. The Kier molecular flexibility index (Phi) is 7.80. The Hall–Kier alpha value is -2.96. The Balaban J connectivity index is 1.63. The molecular formula is C27H27ClN2O3S. The Bertz CT molecular complexity index is 1270. The molecule has 0 radical (unpaired) electrons. The van der Waals surface area contributed by atoms with E-state index in [4.69, 9.17) is 21.1 Å². The molecule has 0 spiro atoms. The third kappa shape index (κ3) is 5.08. The zero-order chi connectivity index (χ0) is 24.1. The lowest BCUT2D eigenvalue weighted by Crippen LogP contribution is -2.28. The number of nitrogens with zero attached hydrogens (tertiary/aromatic N) is 2. The van der Waals surface area contributed by atoms with E-state index in [1.165, 1.54) is 11.8 Å². The number of fused-ring (bicyclic) bond motifs is 1. The van der Waals surface area contributed by atoms with E-state index in [2.05, 4.69) is 23.2 Å². The highest BCUT2D eigenvalue weighted by Crippen LogP contribution is 2.40. The van der Waals surface area contributed by atoms with E-state index in [9.17, 15) is 4.79 Å². The summed E-state index contributed by atoms with van der Waals surface area (Å²) in [6, 6.07) is 18.0. The van der Waals surface area contributed by atoms with Gasteiger partial charge in [-0.25, -0.2) is 0 Å². The number of benzene rings is 3. The zero-order valence-corrected chi connectivity index (χ0v) is 21.1. The summed E-state index contributed by atoms with van der Waals surface area (Å²) >= 11 is 8.03. The predicted molar refractivity (Wildman–Crippen MR) is 142 cm³/mol. The van der Waals surface area contributed by atoms with Crippen molar-refractivity contribution in [1.29, 1.82) is 0 Å². The number of likely N-dealkylation sites (N-methyl/N-ethyl adjacent to an activating group) is 1. The number of hydrogen-bond donors (Lipinski definition) is 0. The molecule has 1 heterocycles. The minimum absolute atomic E-state index is 0.0509. The van der Waals surface area contributed by atoms with Crippen LogP contribution in [0, 0.1) is 0 Å². The third-order valence-electron chi connectivity index (χ3n) is 5.38. The molecule has 1 amide bonds. The molecule has 7 heteroatoms. The monoisotopic (exact) mass is 494 g/mol. The molecule has 3 aromatic carbocycles. The standard InChI is InChI=1S/C27H27ClN2O3S/c1-4-29-27-30(5-2)26(31)24(34-27)16-18-14-22(28)25(23(15-18)32-6-3)33-17-20-12-9-11-19-10-7-8-13-21(19)20/h7-16H,4-6,17H2,1-3H3/b24-16+,29-27?. The van der Waals surface area contributed by atoms with Crippen LogP contribution in [0.4, 0.5) is 0 Å². The first kappa shape index (κ1) is 24.2. The third-order valence-corrected chi connectivity index (χ3v) is 6.70. The first-order chi connectivity index (χ1) is 16.5. The number of thioether (sulfide) groups is 1. The van der Waals surface area contributed by atoms with Crippen LogP contribution in [-0.4, -0.2) is 35.7 Å². The summed E-state index contributed by atoms with van der Waals surface area (Å²) in [6.45, 7) is 7.84. The molecule has 1 aliphatic heterocycles. The first-order valence-corrected chi connectivity index (χ1v) is 12.6. The van der Waals surface area contributed by atoms with Crippen LogP contribution in [0.2, 0.25) is 5.02 Å². The summed E-state index contributed by atoms with van der Waals surface area (Å²) in [4.78, 5) is 19.6. The van der Waals surface area contributed by atoms with Gasteiger partial charge in [-0.15, -0.1) is 0 Å². The SMILES string of the molecule is CCN=C1S/C(=C/c2cc(Cl)c(OCc3cccc4ccccc34)c(OCC)c2)C(=O)N1CC. The number of rotatable bonds is 8. The average Bonchev–Trinajstić information content (AvgIpc) is 3.12. The van der Waals surface area contributed by atoms with Crippen molar-refractivity contribution in [2.24, 2.45) is 4.99 Å². The number of ether oxygens (including phenoxy) is 2. The predicted octanol–water partition coefficient (Wildman–Crippen LogP) is 6.78. The number of amidine groups is 1. The summed E-state index contributed by atoms with van der Waals surface area (Å²) in [5.74, 6) is 0.991. The van der Waals surface area contributed by atoms with Gasteiger partial charge in [0.25, 0.3) is 5.91 Å². The number of aliphatic imine (C=N–C) groups is 1. The summed E-state index contributed by atoms with van der Waals surface area (Å²) < 4.78 is 12.0. The van der Waals surface area contributed by atoms with Crippen molar-refractivity contribution in [3.05, 3.63) is 75.7 Å². The highest BCUT2D eigenvalue weighted by Gasteiger charge is 2.32. The normalized spacial score (nSPS) is 16.1. The van der Waals surface area contributed by atoms with Crippen LogP contribution in [0.1, 0.15) is 31.9 Å². The van der Waals surface area contributed by atoms with E-state index in [1.807, 2.05) is 57.2 Å². The minimum Gasteiger partial charge on any atom is -0.490 e. The van der Waals surface area contributed by atoms with Crippen molar-refractivity contribution in [3.63, 3.8) is 0 Å². The van der Waals surface area contributed by atoms with Crippen molar-refractivity contribution in [3.8, 4) is 11.5 Å². The second-order valence-corrected chi connectivity index (χ2v) is 9.02. The van der Waals surface area contributed by atoms with Gasteiger partial charge in [0, 0.05) is 13.1 Å². The molecule has 1 fully saturated rings. The summed E-state index contributed by atoms with van der Waals surface area (Å²) in [6.07, 6.45) is 1.83. The fraction of sp³-hybridized carbons (Fsp3) is 0.259. The topological polar surface area (TPSA) is 51.1 Å². The van der Waals surface area contributed by atoms with Crippen LogP contribution in [0.5, 0.6) is 11.5 Å². The quantitative estimate of drug-likeness (QED) is 0.324. The maximum atomic E-state index is 12.8. The van der Waals surface area contributed by atoms with Gasteiger partial charge in [0.2, 0.25) is 0 Å². The van der Waals surface area contributed by atoms with E-state index in [1.54, 1.807) is 11.0 Å². The van der Waals surface area contributed by atoms with Crippen LogP contribution >= 0.6 is 23.4 Å². The molecule has 5 nitrogen and oxygen atoms in total. The first-order valence-electron chi connectivity index (χ1n) is 11.4. The number of carbonyl (C=O) groups excluding carboxylic acids is 1. The number of amides is 1. The molecule has 4 rings (SSSR count). The van der Waals surface area contributed by atoms with E-state index in [-0.39, 0.29) is 5.91 Å². The minimum atomic E-state index is -0.0509. The molecule has 176 valence electrons. The lowest BCUT2D eigenvalue weighted by molar-refractivity contribution is -0.122. The summed E-state index contributed by atoms with van der Waals surface area (Å²) in [5.41, 5.74) is 1.84. The Morgan fingerprint density at radius 3 is 2.62 bits per heavy atom. The molecule has 0 bridgehead atoms. The molecule has 0 N–H and O–H groups in total. The van der Waals surface area contributed by atoms with E-state index >= 15 is 0 Å². The fourth-order valence-corrected chi connectivity index (χ4v) is 5.21. The molecule has 0 saturated carbocycles.